The molecule has 4 atom stereocenters. The number of hydrogen-bond acceptors (Lipinski definition) is 4. The number of halogens is 1. The van der Waals surface area contributed by atoms with Gasteiger partial charge in [-0.1, -0.05) is 66.7 Å². The van der Waals surface area contributed by atoms with Crippen LogP contribution in [-0.4, -0.2) is 48.8 Å². The van der Waals surface area contributed by atoms with Gasteiger partial charge in [0.15, 0.2) is 0 Å². The first-order chi connectivity index (χ1) is 17.6. The minimum atomic E-state index is -0.566. The smallest absolute Gasteiger partial charge is 0.252 e. The maximum atomic E-state index is 14.0. The third kappa shape index (κ3) is 5.36. The number of benzene rings is 3. The van der Waals surface area contributed by atoms with Crippen LogP contribution in [0.25, 0.3) is 0 Å². The summed E-state index contributed by atoms with van der Waals surface area (Å²) in [7, 11) is 0. The highest BCUT2D eigenvalue weighted by Gasteiger charge is 2.40. The quantitative estimate of drug-likeness (QED) is 0.526. The number of carbonyl (C=O) groups excluding carboxylic acids is 1. The predicted molar refractivity (Wildman–Crippen MR) is 137 cm³/mol. The van der Waals surface area contributed by atoms with E-state index in [1.54, 1.807) is 12.1 Å². The van der Waals surface area contributed by atoms with Crippen molar-refractivity contribution in [3.8, 4) is 0 Å². The van der Waals surface area contributed by atoms with Gasteiger partial charge in [0.1, 0.15) is 11.9 Å². The predicted octanol–water partition coefficient (Wildman–Crippen LogP) is 4.65. The molecule has 2 heterocycles. The van der Waals surface area contributed by atoms with Crippen molar-refractivity contribution in [2.45, 2.75) is 50.6 Å². The summed E-state index contributed by atoms with van der Waals surface area (Å²) in [5.41, 5.74) is 4.40. The van der Waals surface area contributed by atoms with Gasteiger partial charge < -0.3 is 19.7 Å². The summed E-state index contributed by atoms with van der Waals surface area (Å²) < 4.78 is 25.8. The van der Waals surface area contributed by atoms with Crippen LogP contribution in [-0.2, 0) is 27.2 Å². The molecule has 0 aromatic heterocycles. The van der Waals surface area contributed by atoms with Crippen LogP contribution in [0, 0.1) is 5.82 Å². The fraction of sp³-hybridized carbons (Fsp3) is 0.367. The van der Waals surface area contributed by atoms with Crippen LogP contribution in [0.15, 0.2) is 78.9 Å². The second kappa shape index (κ2) is 11.3. The zero-order valence-electron chi connectivity index (χ0n) is 20.6. The molecule has 5 rings (SSSR count). The molecule has 2 aliphatic heterocycles. The highest BCUT2D eigenvalue weighted by molar-refractivity contribution is 5.82. The summed E-state index contributed by atoms with van der Waals surface area (Å²) >= 11 is 0. The average Bonchev–Trinajstić information content (AvgIpc) is 2.93. The lowest BCUT2D eigenvalue weighted by atomic mass is 9.87. The van der Waals surface area contributed by atoms with Gasteiger partial charge in [-0.3, -0.25) is 4.79 Å². The van der Waals surface area contributed by atoms with Gasteiger partial charge in [-0.25, -0.2) is 4.39 Å². The van der Waals surface area contributed by atoms with E-state index in [0.717, 1.165) is 17.5 Å². The maximum absolute atomic E-state index is 14.0. The zero-order chi connectivity index (χ0) is 24.9. The van der Waals surface area contributed by atoms with E-state index < -0.39 is 6.10 Å². The molecule has 1 N–H and O–H groups in total. The Balaban J connectivity index is 1.37. The van der Waals surface area contributed by atoms with Crippen LogP contribution >= 0.6 is 0 Å². The Bertz CT molecular complexity index is 1150. The van der Waals surface area contributed by atoms with E-state index >= 15 is 0 Å². The molecule has 1 amide bonds. The third-order valence-electron chi connectivity index (χ3n) is 7.20. The maximum Gasteiger partial charge on any atom is 0.252 e. The van der Waals surface area contributed by atoms with Gasteiger partial charge in [-0.05, 0) is 47.7 Å². The summed E-state index contributed by atoms with van der Waals surface area (Å²) in [5.74, 6) is -0.314. The van der Waals surface area contributed by atoms with E-state index in [0.29, 0.717) is 32.7 Å². The minimum absolute atomic E-state index is 0.00537. The molecule has 0 radical (unpaired) electrons. The van der Waals surface area contributed by atoms with Gasteiger partial charge in [-0.15, -0.1) is 0 Å². The number of amides is 1. The molecule has 1 saturated heterocycles. The molecule has 1 fully saturated rings. The van der Waals surface area contributed by atoms with Crippen molar-refractivity contribution in [1.82, 2.24) is 10.2 Å². The number of fused-ring (bicyclic) bond motifs is 1. The topological polar surface area (TPSA) is 50.8 Å². The highest BCUT2D eigenvalue weighted by atomic mass is 19.1. The lowest BCUT2D eigenvalue weighted by Crippen LogP contribution is -2.55. The van der Waals surface area contributed by atoms with Crippen LogP contribution in [0.1, 0.15) is 41.6 Å². The van der Waals surface area contributed by atoms with E-state index in [-0.39, 0.29) is 29.9 Å². The fourth-order valence-electron chi connectivity index (χ4n) is 5.38. The Labute approximate surface area is 212 Å². The number of rotatable bonds is 7. The number of nitrogens with zero attached hydrogens (tertiary/aromatic N) is 1. The SMILES string of the molecule is CCO[C@H]1CO[C@@H](C(=O)N2CCc3ccccc3[C@@H]2c2ccc(F)cc2)C[C@@H]1NCc1ccccc1. The lowest BCUT2D eigenvalue weighted by molar-refractivity contribution is -0.158. The van der Waals surface area contributed by atoms with E-state index in [4.69, 9.17) is 9.47 Å². The monoisotopic (exact) mass is 488 g/mol. The molecule has 5 nitrogen and oxygen atoms in total. The van der Waals surface area contributed by atoms with Crippen molar-refractivity contribution in [2.75, 3.05) is 19.8 Å². The highest BCUT2D eigenvalue weighted by Crippen LogP contribution is 2.36. The average molecular weight is 489 g/mol. The summed E-state index contributed by atoms with van der Waals surface area (Å²) in [6.45, 7) is 4.22. The summed E-state index contributed by atoms with van der Waals surface area (Å²) in [4.78, 5) is 15.9. The van der Waals surface area contributed by atoms with Gasteiger partial charge in [0.25, 0.3) is 5.91 Å². The first kappa shape index (κ1) is 24.6. The van der Waals surface area contributed by atoms with Crippen molar-refractivity contribution < 1.29 is 18.7 Å². The van der Waals surface area contributed by atoms with Crippen molar-refractivity contribution >= 4 is 5.91 Å². The molecule has 0 unspecified atom stereocenters. The molecule has 36 heavy (non-hydrogen) atoms. The molecule has 3 aromatic carbocycles. The lowest BCUT2D eigenvalue weighted by Gasteiger charge is -2.42. The molecule has 6 heteroatoms. The Hall–Kier alpha value is -3.06. The fourth-order valence-corrected chi connectivity index (χ4v) is 5.38. The molecule has 2 aliphatic rings. The summed E-state index contributed by atoms with van der Waals surface area (Å²) in [6, 6.07) is 24.6. The molecule has 3 aromatic rings. The Kier molecular flexibility index (Phi) is 7.75. The molecule has 0 saturated carbocycles. The molecule has 0 aliphatic carbocycles. The van der Waals surface area contributed by atoms with Gasteiger partial charge in [0, 0.05) is 32.2 Å². The van der Waals surface area contributed by atoms with Gasteiger partial charge >= 0.3 is 0 Å². The van der Waals surface area contributed by atoms with Crippen molar-refractivity contribution in [1.29, 1.82) is 0 Å². The van der Waals surface area contributed by atoms with Gasteiger partial charge in [-0.2, -0.15) is 0 Å². The molecule has 0 spiro atoms. The second-order valence-electron chi connectivity index (χ2n) is 9.46. The van der Waals surface area contributed by atoms with Crippen molar-refractivity contribution in [3.63, 3.8) is 0 Å². The van der Waals surface area contributed by atoms with Crippen LogP contribution in [0.2, 0.25) is 0 Å². The van der Waals surface area contributed by atoms with Crippen LogP contribution < -0.4 is 5.32 Å². The Morgan fingerprint density at radius 2 is 1.81 bits per heavy atom. The second-order valence-corrected chi connectivity index (χ2v) is 9.46. The molecular formula is C30H33FN2O3. The van der Waals surface area contributed by atoms with E-state index in [1.165, 1.54) is 23.3 Å². The number of ether oxygens (including phenoxy) is 2. The molecule has 188 valence electrons. The number of carbonyl (C=O) groups is 1. The van der Waals surface area contributed by atoms with Gasteiger partial charge in [0.05, 0.1) is 18.8 Å². The summed E-state index contributed by atoms with van der Waals surface area (Å²) in [5, 5.41) is 3.61. The first-order valence-electron chi connectivity index (χ1n) is 12.8. The largest absolute Gasteiger partial charge is 0.374 e. The molecular weight excluding hydrogens is 455 g/mol. The Morgan fingerprint density at radius 3 is 2.58 bits per heavy atom. The standard InChI is InChI=1S/C30H33FN2O3/c1-2-35-28-20-36-27(18-26(28)32-19-21-8-4-3-5-9-21)30(34)33-17-16-22-10-6-7-11-25(22)29(33)23-12-14-24(31)15-13-23/h3-15,26-29,32H,2,16-20H2,1H3/t26-,27+,28-,29-/m0/s1. The number of nitrogens with one attached hydrogen (secondary N) is 1. The van der Waals surface area contributed by atoms with Gasteiger partial charge in [0.2, 0.25) is 0 Å². The number of hydrogen-bond donors (Lipinski definition) is 1. The third-order valence-corrected chi connectivity index (χ3v) is 7.20. The van der Waals surface area contributed by atoms with E-state index in [1.807, 2.05) is 42.2 Å². The van der Waals surface area contributed by atoms with Crippen LogP contribution in [0.4, 0.5) is 4.39 Å². The first-order valence-corrected chi connectivity index (χ1v) is 12.8. The van der Waals surface area contributed by atoms with E-state index in [9.17, 15) is 9.18 Å². The van der Waals surface area contributed by atoms with Crippen LogP contribution in [0.3, 0.4) is 0 Å². The van der Waals surface area contributed by atoms with E-state index in [2.05, 4.69) is 29.6 Å². The van der Waals surface area contributed by atoms with Crippen molar-refractivity contribution in [3.05, 3.63) is 107 Å². The minimum Gasteiger partial charge on any atom is -0.374 e. The van der Waals surface area contributed by atoms with Crippen molar-refractivity contribution in [2.24, 2.45) is 0 Å². The zero-order valence-corrected chi connectivity index (χ0v) is 20.6. The summed E-state index contributed by atoms with van der Waals surface area (Å²) in [6.07, 6.45) is 0.634. The molecule has 0 bridgehead atoms. The normalized spacial score (nSPS) is 23.8. The Morgan fingerprint density at radius 1 is 1.06 bits per heavy atom. The van der Waals surface area contributed by atoms with Crippen LogP contribution in [0.5, 0.6) is 0 Å².